The summed E-state index contributed by atoms with van der Waals surface area (Å²) in [4.78, 5) is 42.1. The highest BCUT2D eigenvalue weighted by Gasteiger charge is 2.34. The van der Waals surface area contributed by atoms with Gasteiger partial charge in [0.2, 0.25) is 5.91 Å². The van der Waals surface area contributed by atoms with Gasteiger partial charge in [-0.1, -0.05) is 42.1 Å². The first-order valence-electron chi connectivity index (χ1n) is 9.26. The largest absolute Gasteiger partial charge is 0.431 e. The summed E-state index contributed by atoms with van der Waals surface area (Å²) in [7, 11) is 0. The van der Waals surface area contributed by atoms with Crippen LogP contribution < -0.4 is 5.32 Å². The first-order valence-corrected chi connectivity index (χ1v) is 11.1. The normalized spacial score (nSPS) is 15.3. The highest BCUT2D eigenvalue weighted by atomic mass is 32.2. The van der Waals surface area contributed by atoms with Crippen LogP contribution in [0.2, 0.25) is 0 Å². The highest BCUT2D eigenvalue weighted by molar-refractivity contribution is 8.18. The van der Waals surface area contributed by atoms with Gasteiger partial charge in [0.25, 0.3) is 16.4 Å². The summed E-state index contributed by atoms with van der Waals surface area (Å²) in [6, 6.07) is 13.3. The summed E-state index contributed by atoms with van der Waals surface area (Å²) >= 11 is 1.90. The van der Waals surface area contributed by atoms with E-state index in [-0.39, 0.29) is 35.2 Å². The number of carbonyl (C=O) groups is 3. The Morgan fingerprint density at radius 2 is 1.97 bits per heavy atom. The van der Waals surface area contributed by atoms with Crippen molar-refractivity contribution in [3.05, 3.63) is 64.8 Å². The maximum Gasteiger partial charge on any atom is 0.293 e. The molecule has 31 heavy (non-hydrogen) atoms. The SMILES string of the molecule is O=C(CSc1nc2ccccc2o1)NCCN1C(=O)S/C(=C/c2ccccc2F)C1=O. The van der Waals surface area contributed by atoms with Crippen LogP contribution in [-0.4, -0.2) is 45.8 Å². The van der Waals surface area contributed by atoms with E-state index >= 15 is 0 Å². The molecule has 1 aliphatic rings. The number of aromatic nitrogens is 1. The molecular weight excluding hydrogens is 441 g/mol. The molecule has 0 aliphatic carbocycles. The van der Waals surface area contributed by atoms with E-state index < -0.39 is 17.0 Å². The number of thioether (sulfide) groups is 2. The van der Waals surface area contributed by atoms with Gasteiger partial charge in [0, 0.05) is 18.7 Å². The van der Waals surface area contributed by atoms with Crippen LogP contribution in [0.1, 0.15) is 5.56 Å². The van der Waals surface area contributed by atoms with Gasteiger partial charge in [-0.3, -0.25) is 19.3 Å². The third-order valence-electron chi connectivity index (χ3n) is 4.32. The first kappa shape index (κ1) is 21.1. The Kier molecular flexibility index (Phi) is 6.38. The van der Waals surface area contributed by atoms with Gasteiger partial charge in [-0.25, -0.2) is 9.37 Å². The van der Waals surface area contributed by atoms with Gasteiger partial charge in [0.15, 0.2) is 5.58 Å². The summed E-state index contributed by atoms with van der Waals surface area (Å²) in [5.41, 5.74) is 1.60. The van der Waals surface area contributed by atoms with Crippen molar-refractivity contribution >= 4 is 57.8 Å². The van der Waals surface area contributed by atoms with Gasteiger partial charge in [-0.2, -0.15) is 0 Å². The third kappa shape index (κ3) is 4.97. The standard InChI is InChI=1S/C21H16FN3O4S2/c22-14-6-2-1-5-13(14)11-17-19(27)25(21(28)31-17)10-9-23-18(26)12-30-20-24-15-7-3-4-8-16(15)29-20/h1-8,11H,9-10,12H2,(H,23,26)/b17-11+. The zero-order chi connectivity index (χ0) is 21.8. The number of halogens is 1. The van der Waals surface area contributed by atoms with E-state index in [9.17, 15) is 18.8 Å². The van der Waals surface area contributed by atoms with E-state index in [1.54, 1.807) is 18.2 Å². The van der Waals surface area contributed by atoms with Gasteiger partial charge in [0.05, 0.1) is 10.7 Å². The Balaban J connectivity index is 1.27. The van der Waals surface area contributed by atoms with Crippen LogP contribution in [0.3, 0.4) is 0 Å². The number of para-hydroxylation sites is 2. The molecule has 0 atom stereocenters. The summed E-state index contributed by atoms with van der Waals surface area (Å²) in [6.07, 6.45) is 1.36. The molecule has 7 nitrogen and oxygen atoms in total. The van der Waals surface area contributed by atoms with Gasteiger partial charge in [-0.05, 0) is 36.0 Å². The molecule has 1 aromatic heterocycles. The number of hydrogen-bond donors (Lipinski definition) is 1. The topological polar surface area (TPSA) is 92.5 Å². The number of hydrogen-bond acceptors (Lipinski definition) is 7. The van der Waals surface area contributed by atoms with Crippen LogP contribution in [0.25, 0.3) is 17.2 Å². The van der Waals surface area contributed by atoms with Crippen LogP contribution >= 0.6 is 23.5 Å². The van der Waals surface area contributed by atoms with Crippen LogP contribution in [0.5, 0.6) is 0 Å². The van der Waals surface area contributed by atoms with Crippen molar-refractivity contribution in [2.24, 2.45) is 0 Å². The van der Waals surface area contributed by atoms with Crippen LogP contribution in [0.15, 0.2) is 63.1 Å². The van der Waals surface area contributed by atoms with E-state index in [1.807, 2.05) is 18.2 Å². The third-order valence-corrected chi connectivity index (χ3v) is 6.06. The summed E-state index contributed by atoms with van der Waals surface area (Å²) in [5, 5.41) is 2.60. The molecule has 1 N–H and O–H groups in total. The number of imide groups is 1. The van der Waals surface area contributed by atoms with Gasteiger partial charge < -0.3 is 9.73 Å². The van der Waals surface area contributed by atoms with Crippen molar-refractivity contribution in [3.8, 4) is 0 Å². The van der Waals surface area contributed by atoms with Crippen LogP contribution in [-0.2, 0) is 9.59 Å². The van der Waals surface area contributed by atoms with Gasteiger partial charge in [-0.15, -0.1) is 0 Å². The quantitative estimate of drug-likeness (QED) is 0.425. The predicted molar refractivity (Wildman–Crippen MR) is 117 cm³/mol. The first-order chi connectivity index (χ1) is 15.0. The monoisotopic (exact) mass is 457 g/mol. The molecule has 0 radical (unpaired) electrons. The molecule has 0 unspecified atom stereocenters. The molecule has 10 heteroatoms. The molecule has 0 spiro atoms. The summed E-state index contributed by atoms with van der Waals surface area (Å²) in [5.74, 6) is -1.17. The van der Waals surface area contributed by atoms with Crippen molar-refractivity contribution in [2.75, 3.05) is 18.8 Å². The van der Waals surface area contributed by atoms with E-state index in [0.29, 0.717) is 16.3 Å². The molecule has 3 aromatic rings. The number of carbonyl (C=O) groups excluding carboxylic acids is 3. The fraction of sp³-hybridized carbons (Fsp3) is 0.143. The molecule has 4 rings (SSSR count). The average molecular weight is 458 g/mol. The average Bonchev–Trinajstić information content (AvgIpc) is 3.29. The number of benzene rings is 2. The molecule has 1 fully saturated rings. The number of nitrogens with one attached hydrogen (secondary N) is 1. The summed E-state index contributed by atoms with van der Waals surface area (Å²) in [6.45, 7) is 0.135. The van der Waals surface area contributed by atoms with E-state index in [2.05, 4.69) is 10.3 Å². The maximum absolute atomic E-state index is 13.8. The Morgan fingerprint density at radius 1 is 1.19 bits per heavy atom. The lowest BCUT2D eigenvalue weighted by molar-refractivity contribution is -0.123. The lowest BCUT2D eigenvalue weighted by Gasteiger charge is -2.12. The number of fused-ring (bicyclic) bond motifs is 1. The maximum atomic E-state index is 13.8. The van der Waals surface area contributed by atoms with Gasteiger partial charge in [0.1, 0.15) is 11.3 Å². The summed E-state index contributed by atoms with van der Waals surface area (Å²) < 4.78 is 19.3. The zero-order valence-electron chi connectivity index (χ0n) is 16.0. The van der Waals surface area contributed by atoms with E-state index in [1.165, 1.54) is 18.2 Å². The highest BCUT2D eigenvalue weighted by Crippen LogP contribution is 2.32. The molecule has 158 valence electrons. The minimum absolute atomic E-state index is 0.0264. The Bertz CT molecular complexity index is 1160. The molecule has 2 aromatic carbocycles. The van der Waals surface area contributed by atoms with Crippen molar-refractivity contribution < 1.29 is 23.2 Å². The number of rotatable bonds is 7. The zero-order valence-corrected chi connectivity index (χ0v) is 17.7. The second kappa shape index (κ2) is 9.36. The molecule has 3 amide bonds. The van der Waals surface area contributed by atoms with Gasteiger partial charge >= 0.3 is 0 Å². The van der Waals surface area contributed by atoms with Crippen molar-refractivity contribution in [2.45, 2.75) is 5.22 Å². The Labute approximate surface area is 185 Å². The number of nitrogens with zero attached hydrogens (tertiary/aromatic N) is 2. The molecule has 1 saturated heterocycles. The molecule has 2 heterocycles. The Hall–Kier alpha value is -3.11. The number of oxazole rings is 1. The lowest BCUT2D eigenvalue weighted by Crippen LogP contribution is -2.37. The van der Waals surface area contributed by atoms with E-state index in [0.717, 1.165) is 28.4 Å². The number of amides is 3. The van der Waals surface area contributed by atoms with Crippen LogP contribution in [0, 0.1) is 5.82 Å². The molecule has 1 aliphatic heterocycles. The van der Waals surface area contributed by atoms with Crippen molar-refractivity contribution in [1.29, 1.82) is 0 Å². The fourth-order valence-corrected chi connectivity index (χ4v) is 4.35. The minimum atomic E-state index is -0.506. The fourth-order valence-electron chi connectivity index (χ4n) is 2.82. The second-order valence-corrected chi connectivity index (χ2v) is 8.36. The van der Waals surface area contributed by atoms with E-state index in [4.69, 9.17) is 4.42 Å². The molecule has 0 saturated carbocycles. The lowest BCUT2D eigenvalue weighted by atomic mass is 10.2. The smallest absolute Gasteiger partial charge is 0.293 e. The molecular formula is C21H16FN3O4S2. The van der Waals surface area contributed by atoms with Crippen molar-refractivity contribution in [3.63, 3.8) is 0 Å². The second-order valence-electron chi connectivity index (χ2n) is 6.44. The Morgan fingerprint density at radius 3 is 2.77 bits per heavy atom. The minimum Gasteiger partial charge on any atom is -0.431 e. The van der Waals surface area contributed by atoms with Crippen LogP contribution in [0.4, 0.5) is 9.18 Å². The van der Waals surface area contributed by atoms with Crippen molar-refractivity contribution in [1.82, 2.24) is 15.2 Å². The molecule has 0 bridgehead atoms. The predicted octanol–water partition coefficient (Wildman–Crippen LogP) is 3.91.